The van der Waals surface area contributed by atoms with Gasteiger partial charge in [0.15, 0.2) is 0 Å². The van der Waals surface area contributed by atoms with Gasteiger partial charge in [-0.15, -0.1) is 0 Å². The quantitative estimate of drug-likeness (QED) is 0.814. The Kier molecular flexibility index (Phi) is 2.32. The summed E-state index contributed by atoms with van der Waals surface area (Å²) < 4.78 is 0. The molecule has 0 heterocycles. The highest BCUT2D eigenvalue weighted by Crippen LogP contribution is 2.54. The zero-order valence-electron chi connectivity index (χ0n) is 10.3. The summed E-state index contributed by atoms with van der Waals surface area (Å²) in [6.07, 6.45) is 4.13. The summed E-state index contributed by atoms with van der Waals surface area (Å²) in [5.74, 6) is 0.847. The van der Waals surface area contributed by atoms with Gasteiger partial charge in [-0.05, 0) is 43.2 Å². The van der Waals surface area contributed by atoms with Crippen molar-refractivity contribution in [2.24, 2.45) is 5.92 Å². The molecule has 1 N–H and O–H groups in total. The van der Waals surface area contributed by atoms with Crippen LogP contribution in [0.25, 0.3) is 0 Å². The van der Waals surface area contributed by atoms with E-state index in [1.165, 1.54) is 31.4 Å². The molecule has 0 aromatic heterocycles. The molecule has 2 aliphatic carbocycles. The van der Waals surface area contributed by atoms with Gasteiger partial charge >= 0.3 is 0 Å². The molecule has 0 aliphatic heterocycles. The van der Waals surface area contributed by atoms with E-state index in [9.17, 15) is 0 Å². The lowest BCUT2D eigenvalue weighted by Gasteiger charge is -2.20. The summed E-state index contributed by atoms with van der Waals surface area (Å²) >= 11 is 0. The van der Waals surface area contributed by atoms with Gasteiger partial charge in [0.05, 0.1) is 0 Å². The standard InChI is InChI=1S/C15H21N/c1-11-5-3-4-6-14(11)15(9-12(15)2)10-16-13-7-8-13/h3-6,12-13,16H,7-10H2,1-2H3. The first kappa shape index (κ1) is 10.3. The molecule has 2 saturated carbocycles. The summed E-state index contributed by atoms with van der Waals surface area (Å²) in [4.78, 5) is 0. The Morgan fingerprint density at radius 2 is 2.00 bits per heavy atom. The average Bonchev–Trinajstić information content (AvgIpc) is 3.14. The van der Waals surface area contributed by atoms with Crippen LogP contribution in [-0.4, -0.2) is 12.6 Å². The Morgan fingerprint density at radius 3 is 2.56 bits per heavy atom. The normalized spacial score (nSPS) is 32.8. The molecule has 0 bridgehead atoms. The highest BCUT2D eigenvalue weighted by molar-refractivity contribution is 5.39. The van der Waals surface area contributed by atoms with Crippen LogP contribution < -0.4 is 5.32 Å². The third-order valence-electron chi connectivity index (χ3n) is 4.42. The monoisotopic (exact) mass is 215 g/mol. The molecule has 1 heteroatoms. The number of aryl methyl sites for hydroxylation is 1. The van der Waals surface area contributed by atoms with Gasteiger partial charge in [-0.25, -0.2) is 0 Å². The van der Waals surface area contributed by atoms with Gasteiger partial charge in [-0.1, -0.05) is 31.2 Å². The number of benzene rings is 1. The molecular weight excluding hydrogens is 194 g/mol. The van der Waals surface area contributed by atoms with E-state index in [-0.39, 0.29) is 0 Å². The second kappa shape index (κ2) is 3.59. The lowest BCUT2D eigenvalue weighted by atomic mass is 9.90. The molecular formula is C15H21N. The highest BCUT2D eigenvalue weighted by atomic mass is 15.0. The molecule has 1 aromatic carbocycles. The fraction of sp³-hybridized carbons (Fsp3) is 0.600. The van der Waals surface area contributed by atoms with Crippen molar-refractivity contribution >= 4 is 0 Å². The van der Waals surface area contributed by atoms with E-state index in [4.69, 9.17) is 0 Å². The molecule has 0 radical (unpaired) electrons. The van der Waals surface area contributed by atoms with Crippen LogP contribution in [0.4, 0.5) is 0 Å². The molecule has 0 saturated heterocycles. The summed E-state index contributed by atoms with van der Waals surface area (Å²) in [6, 6.07) is 9.74. The molecule has 1 aromatic rings. The van der Waals surface area contributed by atoms with Crippen LogP contribution in [0.1, 0.15) is 37.3 Å². The maximum atomic E-state index is 3.72. The highest BCUT2D eigenvalue weighted by Gasteiger charge is 2.52. The number of hydrogen-bond acceptors (Lipinski definition) is 1. The SMILES string of the molecule is Cc1ccccc1C1(CNC2CC2)CC1C. The lowest BCUT2D eigenvalue weighted by molar-refractivity contribution is 0.538. The predicted molar refractivity (Wildman–Crippen MR) is 67.7 cm³/mol. The van der Waals surface area contributed by atoms with Crippen molar-refractivity contribution in [1.82, 2.24) is 5.32 Å². The molecule has 2 fully saturated rings. The summed E-state index contributed by atoms with van der Waals surface area (Å²) in [5.41, 5.74) is 3.49. The first-order valence-corrected chi connectivity index (χ1v) is 6.52. The second-order valence-electron chi connectivity index (χ2n) is 5.73. The van der Waals surface area contributed by atoms with Gasteiger partial charge in [0.25, 0.3) is 0 Å². The first-order chi connectivity index (χ1) is 7.72. The van der Waals surface area contributed by atoms with E-state index < -0.39 is 0 Å². The molecule has 16 heavy (non-hydrogen) atoms. The zero-order valence-corrected chi connectivity index (χ0v) is 10.3. The smallest absolute Gasteiger partial charge is 0.0109 e. The van der Waals surface area contributed by atoms with Crippen molar-refractivity contribution in [3.8, 4) is 0 Å². The van der Waals surface area contributed by atoms with Gasteiger partial charge in [-0.2, -0.15) is 0 Å². The van der Waals surface area contributed by atoms with Crippen molar-refractivity contribution in [3.05, 3.63) is 35.4 Å². The van der Waals surface area contributed by atoms with Crippen LogP contribution in [0.2, 0.25) is 0 Å². The molecule has 1 nitrogen and oxygen atoms in total. The Morgan fingerprint density at radius 1 is 1.31 bits per heavy atom. The van der Waals surface area contributed by atoms with E-state index in [1.54, 1.807) is 5.56 Å². The number of hydrogen-bond donors (Lipinski definition) is 1. The van der Waals surface area contributed by atoms with Crippen molar-refractivity contribution in [1.29, 1.82) is 0 Å². The van der Waals surface area contributed by atoms with Crippen LogP contribution in [0.5, 0.6) is 0 Å². The number of rotatable bonds is 4. The summed E-state index contributed by atoms with van der Waals surface area (Å²) in [7, 11) is 0. The fourth-order valence-corrected chi connectivity index (χ4v) is 2.95. The van der Waals surface area contributed by atoms with Crippen LogP contribution >= 0.6 is 0 Å². The average molecular weight is 215 g/mol. The van der Waals surface area contributed by atoms with Gasteiger partial charge in [-0.3, -0.25) is 0 Å². The zero-order chi connectivity index (χ0) is 11.2. The van der Waals surface area contributed by atoms with Crippen molar-refractivity contribution in [3.63, 3.8) is 0 Å². The van der Waals surface area contributed by atoms with E-state index >= 15 is 0 Å². The van der Waals surface area contributed by atoms with Gasteiger partial charge in [0.1, 0.15) is 0 Å². The largest absolute Gasteiger partial charge is 0.313 e. The minimum Gasteiger partial charge on any atom is -0.313 e. The van der Waals surface area contributed by atoms with E-state index in [0.717, 1.165) is 12.0 Å². The Bertz CT molecular complexity index is 394. The van der Waals surface area contributed by atoms with Gasteiger partial charge < -0.3 is 5.32 Å². The predicted octanol–water partition coefficient (Wildman–Crippen LogP) is 3.02. The molecule has 2 unspecified atom stereocenters. The van der Waals surface area contributed by atoms with Crippen LogP contribution in [0.15, 0.2) is 24.3 Å². The third kappa shape index (κ3) is 1.67. The van der Waals surface area contributed by atoms with Crippen molar-refractivity contribution in [2.45, 2.75) is 44.6 Å². The summed E-state index contributed by atoms with van der Waals surface area (Å²) in [5, 5.41) is 3.72. The topological polar surface area (TPSA) is 12.0 Å². The minimum absolute atomic E-state index is 0.452. The van der Waals surface area contributed by atoms with Crippen molar-refractivity contribution < 1.29 is 0 Å². The molecule has 0 amide bonds. The first-order valence-electron chi connectivity index (χ1n) is 6.52. The van der Waals surface area contributed by atoms with Crippen LogP contribution in [0.3, 0.4) is 0 Å². The summed E-state index contributed by atoms with van der Waals surface area (Å²) in [6.45, 7) is 5.82. The van der Waals surface area contributed by atoms with Gasteiger partial charge in [0.2, 0.25) is 0 Å². The molecule has 2 aliphatic rings. The molecule has 2 atom stereocenters. The number of nitrogens with one attached hydrogen (secondary N) is 1. The fourth-order valence-electron chi connectivity index (χ4n) is 2.95. The van der Waals surface area contributed by atoms with Crippen molar-refractivity contribution in [2.75, 3.05) is 6.54 Å². The van der Waals surface area contributed by atoms with E-state index in [0.29, 0.717) is 5.41 Å². The Hall–Kier alpha value is -0.820. The molecule has 86 valence electrons. The van der Waals surface area contributed by atoms with Gasteiger partial charge in [0, 0.05) is 18.0 Å². The Balaban J connectivity index is 1.81. The lowest BCUT2D eigenvalue weighted by Crippen LogP contribution is -2.30. The minimum atomic E-state index is 0.452. The maximum Gasteiger partial charge on any atom is 0.0109 e. The van der Waals surface area contributed by atoms with E-state index in [1.807, 2.05) is 0 Å². The second-order valence-corrected chi connectivity index (χ2v) is 5.73. The van der Waals surface area contributed by atoms with Crippen LogP contribution in [0, 0.1) is 12.8 Å². The maximum absolute atomic E-state index is 3.72. The Labute approximate surface area is 98.3 Å². The third-order valence-corrected chi connectivity index (χ3v) is 4.42. The van der Waals surface area contributed by atoms with Crippen LogP contribution in [-0.2, 0) is 5.41 Å². The molecule has 0 spiro atoms. The van der Waals surface area contributed by atoms with E-state index in [2.05, 4.69) is 43.4 Å². The molecule has 3 rings (SSSR count).